The summed E-state index contributed by atoms with van der Waals surface area (Å²) in [6.07, 6.45) is 0. The van der Waals surface area contributed by atoms with Crippen molar-refractivity contribution in [2.24, 2.45) is 0 Å². The lowest BCUT2D eigenvalue weighted by molar-refractivity contribution is 0.635. The fourth-order valence-electron chi connectivity index (χ4n) is 4.65. The SMILES string of the molecule is CC.CF.CF.Cc1ccc(C)cc1.Cc1ccc(C)cc1.Cc1ccc(C)cc1.Cc1ccc2c(c1)C(C)c1cc(C)ccc1-2. The minimum absolute atomic E-state index is 0.500. The van der Waals surface area contributed by atoms with Crippen molar-refractivity contribution in [1.82, 2.24) is 0 Å². The molecular weight excluding hydrogens is 566 g/mol. The van der Waals surface area contributed by atoms with Gasteiger partial charge in [0.2, 0.25) is 0 Å². The van der Waals surface area contributed by atoms with Gasteiger partial charge in [-0.3, -0.25) is 8.78 Å². The molecule has 0 aliphatic heterocycles. The summed E-state index contributed by atoms with van der Waals surface area (Å²) in [5.41, 5.74) is 16.5. The second-order valence-electron chi connectivity index (χ2n) is 11.4. The maximum Gasteiger partial charge on any atom is 0.0785 e. The standard InChI is InChI=1S/C16H16.3C8H10.C2H6.2CH3F/c1-10-4-6-13-14-7-5-11(2)9-16(14)12(3)15(13)8-10;3*1-7-3-5-8(2)6-4-7;3*1-2/h4-9,12H,1-3H3;3*3-6H,1-2H3;1-2H3;2*1H3. The van der Waals surface area contributed by atoms with Crippen molar-refractivity contribution >= 4 is 0 Å². The third kappa shape index (κ3) is 14.8. The lowest BCUT2D eigenvalue weighted by Crippen LogP contribution is -1.90. The van der Waals surface area contributed by atoms with Crippen molar-refractivity contribution in [3.8, 4) is 11.1 Å². The number of benzene rings is 5. The molecule has 1 aliphatic rings. The quantitative estimate of drug-likeness (QED) is 0.161. The van der Waals surface area contributed by atoms with Gasteiger partial charge in [0.05, 0.1) is 14.4 Å². The molecule has 0 N–H and O–H groups in total. The summed E-state index contributed by atoms with van der Waals surface area (Å²) in [5, 5.41) is 0. The Morgan fingerprint density at radius 2 is 0.500 bits per heavy atom. The Labute approximate surface area is 280 Å². The van der Waals surface area contributed by atoms with Gasteiger partial charge in [-0.1, -0.05) is 174 Å². The first-order valence-corrected chi connectivity index (χ1v) is 16.1. The molecule has 0 unspecified atom stereocenters. The fraction of sp³-hybridized carbons (Fsp3) is 0.318. The predicted molar refractivity (Wildman–Crippen MR) is 202 cm³/mol. The number of hydrogen-bond acceptors (Lipinski definition) is 0. The van der Waals surface area contributed by atoms with Gasteiger partial charge in [0, 0.05) is 5.92 Å². The van der Waals surface area contributed by atoms with Crippen LogP contribution in [0.15, 0.2) is 109 Å². The van der Waals surface area contributed by atoms with Gasteiger partial charge in [-0.05, 0) is 77.6 Å². The average molecular weight is 625 g/mol. The summed E-state index contributed by atoms with van der Waals surface area (Å²) in [7, 11) is 1.00. The molecule has 0 atom stereocenters. The van der Waals surface area contributed by atoms with Gasteiger partial charge >= 0.3 is 0 Å². The van der Waals surface area contributed by atoms with E-state index in [1.807, 2.05) is 13.8 Å². The Morgan fingerprint density at radius 1 is 0.326 bits per heavy atom. The number of halogens is 2. The molecule has 0 fully saturated rings. The Kier molecular flexibility index (Phi) is 21.3. The van der Waals surface area contributed by atoms with Crippen LogP contribution in [-0.2, 0) is 0 Å². The van der Waals surface area contributed by atoms with E-state index in [9.17, 15) is 8.78 Å². The molecule has 0 nitrogen and oxygen atoms in total. The highest BCUT2D eigenvalue weighted by atomic mass is 19.1. The Morgan fingerprint density at radius 3 is 0.696 bits per heavy atom. The van der Waals surface area contributed by atoms with E-state index in [4.69, 9.17) is 0 Å². The number of fused-ring (bicyclic) bond motifs is 3. The molecule has 0 spiro atoms. The lowest BCUT2D eigenvalue weighted by Gasteiger charge is -2.07. The maximum atomic E-state index is 9.50. The van der Waals surface area contributed by atoms with Gasteiger partial charge in [0.25, 0.3) is 0 Å². The summed E-state index contributed by atoms with van der Waals surface area (Å²) < 4.78 is 19.0. The predicted octanol–water partition coefficient (Wildman–Crippen LogP) is 13.5. The normalized spacial score (nSPS) is 9.98. The van der Waals surface area contributed by atoms with Crippen molar-refractivity contribution < 1.29 is 8.78 Å². The van der Waals surface area contributed by atoms with Crippen LogP contribution in [0.4, 0.5) is 8.78 Å². The largest absolute Gasteiger partial charge is 0.255 e. The van der Waals surface area contributed by atoms with Crippen LogP contribution in [0.3, 0.4) is 0 Å². The van der Waals surface area contributed by atoms with Crippen molar-refractivity contribution in [3.05, 3.63) is 165 Å². The number of alkyl halides is 2. The number of rotatable bonds is 0. The van der Waals surface area contributed by atoms with Gasteiger partial charge in [-0.15, -0.1) is 0 Å². The molecule has 2 heteroatoms. The molecule has 0 amide bonds. The zero-order valence-electron chi connectivity index (χ0n) is 30.7. The van der Waals surface area contributed by atoms with E-state index >= 15 is 0 Å². The molecule has 0 bridgehead atoms. The molecule has 46 heavy (non-hydrogen) atoms. The highest BCUT2D eigenvalue weighted by Crippen LogP contribution is 2.44. The average Bonchev–Trinajstić information content (AvgIpc) is 3.35. The van der Waals surface area contributed by atoms with Crippen molar-refractivity contribution in [2.45, 2.75) is 82.1 Å². The van der Waals surface area contributed by atoms with Crippen LogP contribution >= 0.6 is 0 Å². The molecule has 6 rings (SSSR count). The Bertz CT molecular complexity index is 1280. The molecule has 0 radical (unpaired) electrons. The van der Waals surface area contributed by atoms with Crippen LogP contribution in [0.25, 0.3) is 11.1 Å². The highest BCUT2D eigenvalue weighted by molar-refractivity contribution is 5.79. The summed E-state index contributed by atoms with van der Waals surface area (Å²) >= 11 is 0. The van der Waals surface area contributed by atoms with Crippen LogP contribution in [0.2, 0.25) is 0 Å². The van der Waals surface area contributed by atoms with E-state index in [1.165, 1.54) is 66.8 Å². The summed E-state index contributed by atoms with van der Waals surface area (Å²) in [4.78, 5) is 0. The molecule has 0 aromatic heterocycles. The number of aryl methyl sites for hydroxylation is 8. The van der Waals surface area contributed by atoms with Crippen LogP contribution in [0.1, 0.15) is 82.3 Å². The molecule has 1 aliphatic carbocycles. The first-order valence-electron chi connectivity index (χ1n) is 16.1. The van der Waals surface area contributed by atoms with E-state index in [-0.39, 0.29) is 0 Å². The minimum Gasteiger partial charge on any atom is -0.255 e. The third-order valence-corrected chi connectivity index (χ3v) is 7.29. The van der Waals surface area contributed by atoms with Crippen LogP contribution in [0, 0.1) is 55.4 Å². The van der Waals surface area contributed by atoms with Gasteiger partial charge < -0.3 is 0 Å². The monoisotopic (exact) mass is 624 g/mol. The molecule has 0 heterocycles. The van der Waals surface area contributed by atoms with Gasteiger partial charge in [0.15, 0.2) is 0 Å². The van der Waals surface area contributed by atoms with E-state index in [1.54, 1.807) is 0 Å². The molecular formula is C44H58F2. The van der Waals surface area contributed by atoms with Gasteiger partial charge in [-0.25, -0.2) is 0 Å². The summed E-state index contributed by atoms with van der Waals surface area (Å²) in [5.74, 6) is 0.546. The van der Waals surface area contributed by atoms with Gasteiger partial charge in [0.1, 0.15) is 0 Å². The van der Waals surface area contributed by atoms with Gasteiger partial charge in [-0.2, -0.15) is 0 Å². The molecule has 0 saturated carbocycles. The zero-order valence-corrected chi connectivity index (χ0v) is 30.7. The van der Waals surface area contributed by atoms with Crippen LogP contribution in [0.5, 0.6) is 0 Å². The Balaban J connectivity index is 0.000000585. The number of hydrogen-bond donors (Lipinski definition) is 0. The second-order valence-corrected chi connectivity index (χ2v) is 11.4. The first kappa shape index (κ1) is 42.0. The second kappa shape index (κ2) is 23.3. The smallest absolute Gasteiger partial charge is 0.0785 e. The molecule has 5 aromatic carbocycles. The summed E-state index contributed by atoms with van der Waals surface area (Å²) in [6.45, 7) is 23.2. The minimum atomic E-state index is 0.500. The zero-order chi connectivity index (χ0) is 35.2. The van der Waals surface area contributed by atoms with E-state index in [0.29, 0.717) is 20.3 Å². The van der Waals surface area contributed by atoms with Crippen molar-refractivity contribution in [3.63, 3.8) is 0 Å². The molecule has 248 valence electrons. The third-order valence-electron chi connectivity index (χ3n) is 7.29. The van der Waals surface area contributed by atoms with E-state index < -0.39 is 0 Å². The summed E-state index contributed by atoms with van der Waals surface area (Å²) in [6, 6.07) is 39.1. The fourth-order valence-corrected chi connectivity index (χ4v) is 4.65. The first-order chi connectivity index (χ1) is 22.0. The maximum absolute atomic E-state index is 9.50. The van der Waals surface area contributed by atoms with Crippen LogP contribution in [-0.4, -0.2) is 14.4 Å². The lowest BCUT2D eigenvalue weighted by atomic mass is 9.97. The molecule has 0 saturated heterocycles. The van der Waals surface area contributed by atoms with Crippen molar-refractivity contribution in [1.29, 1.82) is 0 Å². The van der Waals surface area contributed by atoms with Crippen LogP contribution < -0.4 is 0 Å². The topological polar surface area (TPSA) is 0 Å². The highest BCUT2D eigenvalue weighted by Gasteiger charge is 2.24. The van der Waals surface area contributed by atoms with E-state index in [0.717, 1.165) is 0 Å². The Hall–Kier alpha value is -4.04. The molecule has 5 aromatic rings. The van der Waals surface area contributed by atoms with E-state index in [2.05, 4.69) is 172 Å². The van der Waals surface area contributed by atoms with Crippen molar-refractivity contribution in [2.75, 3.05) is 14.4 Å².